The van der Waals surface area contributed by atoms with Gasteiger partial charge in [-0.15, -0.1) is 0 Å². The number of hydrogen-bond acceptors (Lipinski definition) is 6. The predicted molar refractivity (Wildman–Crippen MR) is 94.4 cm³/mol. The standard InChI is InChI=1S/C18H31N3O3/c1-24-17(23)16-14(10-7-5-3-2-4-6-8-13-22)20-18(19)21-12-9-11-15(16)21/h14,22H,2-13H2,1H3,(H2,19,20). The Morgan fingerprint density at radius 2 is 1.92 bits per heavy atom. The van der Waals surface area contributed by atoms with E-state index in [0.717, 1.165) is 57.2 Å². The molecule has 1 unspecified atom stereocenters. The molecule has 0 amide bonds. The molecule has 2 heterocycles. The van der Waals surface area contributed by atoms with Gasteiger partial charge in [-0.05, 0) is 25.7 Å². The number of ether oxygens (including phenoxy) is 1. The topological polar surface area (TPSA) is 88.2 Å². The Hall–Kier alpha value is -1.56. The molecule has 0 aromatic carbocycles. The van der Waals surface area contributed by atoms with Gasteiger partial charge in [0.1, 0.15) is 0 Å². The minimum atomic E-state index is -0.262. The average molecular weight is 337 g/mol. The lowest BCUT2D eigenvalue weighted by atomic mass is 9.96. The molecular weight excluding hydrogens is 306 g/mol. The Bertz CT molecular complexity index is 488. The molecule has 1 saturated heterocycles. The highest BCUT2D eigenvalue weighted by Crippen LogP contribution is 2.32. The Balaban J connectivity index is 1.84. The molecule has 6 heteroatoms. The molecule has 24 heavy (non-hydrogen) atoms. The molecule has 1 atom stereocenters. The van der Waals surface area contributed by atoms with Crippen LogP contribution in [0.3, 0.4) is 0 Å². The van der Waals surface area contributed by atoms with Crippen LogP contribution in [0, 0.1) is 0 Å². The molecule has 0 bridgehead atoms. The number of esters is 1. The van der Waals surface area contributed by atoms with Crippen LogP contribution in [0.2, 0.25) is 0 Å². The van der Waals surface area contributed by atoms with Crippen molar-refractivity contribution in [3.8, 4) is 0 Å². The van der Waals surface area contributed by atoms with Gasteiger partial charge in [0.25, 0.3) is 0 Å². The number of nitrogens with zero attached hydrogens (tertiary/aromatic N) is 2. The van der Waals surface area contributed by atoms with Crippen molar-refractivity contribution in [1.29, 1.82) is 0 Å². The van der Waals surface area contributed by atoms with Gasteiger partial charge in [0.2, 0.25) is 0 Å². The molecule has 0 aromatic rings. The normalized spacial score (nSPS) is 20.2. The van der Waals surface area contributed by atoms with E-state index in [0.29, 0.717) is 18.1 Å². The first-order valence-corrected chi connectivity index (χ1v) is 9.22. The summed E-state index contributed by atoms with van der Waals surface area (Å²) >= 11 is 0. The zero-order valence-electron chi connectivity index (χ0n) is 14.8. The second kappa shape index (κ2) is 9.67. The van der Waals surface area contributed by atoms with E-state index in [1.54, 1.807) is 0 Å². The van der Waals surface area contributed by atoms with Gasteiger partial charge in [0.05, 0.1) is 18.7 Å². The van der Waals surface area contributed by atoms with Crippen LogP contribution in [-0.4, -0.2) is 48.2 Å². The smallest absolute Gasteiger partial charge is 0.337 e. The first-order valence-electron chi connectivity index (χ1n) is 9.22. The van der Waals surface area contributed by atoms with Crippen molar-refractivity contribution in [2.45, 2.75) is 70.3 Å². The number of allylic oxidation sites excluding steroid dienone is 1. The average Bonchev–Trinajstić information content (AvgIpc) is 3.07. The van der Waals surface area contributed by atoms with Crippen molar-refractivity contribution in [2.24, 2.45) is 10.7 Å². The molecule has 136 valence electrons. The van der Waals surface area contributed by atoms with Crippen LogP contribution < -0.4 is 5.73 Å². The number of rotatable bonds is 10. The van der Waals surface area contributed by atoms with Gasteiger partial charge in [-0.2, -0.15) is 0 Å². The van der Waals surface area contributed by atoms with Gasteiger partial charge in [0, 0.05) is 18.8 Å². The highest BCUT2D eigenvalue weighted by Gasteiger charge is 2.35. The summed E-state index contributed by atoms with van der Waals surface area (Å²) in [6.07, 6.45) is 10.5. The molecule has 3 N–H and O–H groups in total. The molecule has 2 aliphatic rings. The van der Waals surface area contributed by atoms with Crippen LogP contribution >= 0.6 is 0 Å². The minimum absolute atomic E-state index is 0.156. The van der Waals surface area contributed by atoms with Crippen molar-refractivity contribution >= 4 is 11.9 Å². The van der Waals surface area contributed by atoms with E-state index in [1.807, 2.05) is 4.90 Å². The lowest BCUT2D eigenvalue weighted by Crippen LogP contribution is -2.41. The number of carbonyl (C=O) groups excluding carboxylic acids is 1. The summed E-state index contributed by atoms with van der Waals surface area (Å²) in [6, 6.07) is -0.156. The summed E-state index contributed by atoms with van der Waals surface area (Å²) < 4.78 is 4.99. The highest BCUT2D eigenvalue weighted by atomic mass is 16.5. The van der Waals surface area contributed by atoms with E-state index in [-0.39, 0.29) is 12.0 Å². The van der Waals surface area contributed by atoms with E-state index in [1.165, 1.54) is 26.4 Å². The second-order valence-corrected chi connectivity index (χ2v) is 6.60. The van der Waals surface area contributed by atoms with Crippen molar-refractivity contribution in [3.63, 3.8) is 0 Å². The lowest BCUT2D eigenvalue weighted by molar-refractivity contribution is -0.136. The Morgan fingerprint density at radius 1 is 1.25 bits per heavy atom. The summed E-state index contributed by atoms with van der Waals surface area (Å²) in [7, 11) is 1.43. The van der Waals surface area contributed by atoms with Gasteiger partial charge >= 0.3 is 5.97 Å². The highest BCUT2D eigenvalue weighted by molar-refractivity contribution is 5.94. The number of aliphatic imine (C=N–C) groups is 1. The summed E-state index contributed by atoms with van der Waals surface area (Å²) in [5.74, 6) is 0.284. The predicted octanol–water partition coefficient (Wildman–Crippen LogP) is 2.32. The number of fused-ring (bicyclic) bond motifs is 1. The van der Waals surface area contributed by atoms with Gasteiger partial charge < -0.3 is 20.5 Å². The second-order valence-electron chi connectivity index (χ2n) is 6.60. The zero-order chi connectivity index (χ0) is 17.4. The Kier molecular flexibility index (Phi) is 7.56. The zero-order valence-corrected chi connectivity index (χ0v) is 14.8. The first kappa shape index (κ1) is 18.8. The van der Waals surface area contributed by atoms with Crippen LogP contribution in [0.1, 0.15) is 64.2 Å². The van der Waals surface area contributed by atoms with E-state index in [4.69, 9.17) is 15.6 Å². The molecular formula is C18H31N3O3. The third-order valence-corrected chi connectivity index (χ3v) is 4.87. The fourth-order valence-electron chi connectivity index (χ4n) is 3.60. The quantitative estimate of drug-likeness (QED) is 0.472. The largest absolute Gasteiger partial charge is 0.466 e. The van der Waals surface area contributed by atoms with E-state index >= 15 is 0 Å². The van der Waals surface area contributed by atoms with Crippen LogP contribution in [0.5, 0.6) is 0 Å². The van der Waals surface area contributed by atoms with Crippen molar-refractivity contribution in [1.82, 2.24) is 4.90 Å². The number of methoxy groups -OCH3 is 1. The number of hydrogen-bond donors (Lipinski definition) is 2. The number of aliphatic hydroxyl groups excluding tert-OH is 1. The maximum absolute atomic E-state index is 12.2. The molecule has 0 radical (unpaired) electrons. The molecule has 0 aliphatic carbocycles. The molecule has 2 rings (SSSR count). The van der Waals surface area contributed by atoms with E-state index in [2.05, 4.69) is 4.99 Å². The fourth-order valence-corrected chi connectivity index (χ4v) is 3.60. The molecule has 2 aliphatic heterocycles. The van der Waals surface area contributed by atoms with Gasteiger partial charge in [-0.3, -0.25) is 0 Å². The van der Waals surface area contributed by atoms with Gasteiger partial charge in [-0.25, -0.2) is 9.79 Å². The Morgan fingerprint density at radius 3 is 2.58 bits per heavy atom. The summed E-state index contributed by atoms with van der Waals surface area (Å²) in [5, 5.41) is 8.76. The molecule has 0 saturated carbocycles. The van der Waals surface area contributed by atoms with Gasteiger partial charge in [-0.1, -0.05) is 38.5 Å². The number of carbonyl (C=O) groups is 1. The van der Waals surface area contributed by atoms with Crippen LogP contribution in [0.4, 0.5) is 0 Å². The van der Waals surface area contributed by atoms with Crippen LogP contribution in [-0.2, 0) is 9.53 Å². The lowest BCUT2D eigenvalue weighted by Gasteiger charge is -2.30. The Labute approximate surface area is 144 Å². The number of aliphatic hydroxyl groups is 1. The van der Waals surface area contributed by atoms with Crippen LogP contribution in [0.25, 0.3) is 0 Å². The summed E-state index contributed by atoms with van der Waals surface area (Å²) in [4.78, 5) is 18.8. The summed E-state index contributed by atoms with van der Waals surface area (Å²) in [5.41, 5.74) is 7.81. The SMILES string of the molecule is COC(=O)C1=C2CCCN2C(N)=NC1CCCCCCCCCO. The third-order valence-electron chi connectivity index (χ3n) is 4.87. The maximum atomic E-state index is 12.2. The van der Waals surface area contributed by atoms with Crippen molar-refractivity contribution in [2.75, 3.05) is 20.3 Å². The molecule has 1 fully saturated rings. The number of nitrogens with two attached hydrogens (primary N) is 1. The monoisotopic (exact) mass is 337 g/mol. The summed E-state index contributed by atoms with van der Waals surface area (Å²) in [6.45, 7) is 1.13. The third kappa shape index (κ3) is 4.72. The molecule has 6 nitrogen and oxygen atoms in total. The van der Waals surface area contributed by atoms with Crippen LogP contribution in [0.15, 0.2) is 16.3 Å². The molecule has 0 aromatic heterocycles. The van der Waals surface area contributed by atoms with E-state index < -0.39 is 0 Å². The minimum Gasteiger partial charge on any atom is -0.466 e. The van der Waals surface area contributed by atoms with Crippen molar-refractivity contribution < 1.29 is 14.6 Å². The first-order chi connectivity index (χ1) is 11.7. The van der Waals surface area contributed by atoms with Crippen molar-refractivity contribution in [3.05, 3.63) is 11.3 Å². The van der Waals surface area contributed by atoms with E-state index in [9.17, 15) is 4.79 Å². The molecule has 0 spiro atoms. The number of guanidine groups is 1. The number of unbranched alkanes of at least 4 members (excludes halogenated alkanes) is 6. The van der Waals surface area contributed by atoms with Gasteiger partial charge in [0.15, 0.2) is 5.96 Å². The fraction of sp³-hybridized carbons (Fsp3) is 0.778. The maximum Gasteiger partial charge on any atom is 0.337 e.